The van der Waals surface area contributed by atoms with E-state index in [4.69, 9.17) is 0 Å². The van der Waals surface area contributed by atoms with Crippen molar-refractivity contribution in [1.29, 1.82) is 0 Å². The number of hydrogen-bond donors (Lipinski definition) is 3. The van der Waals surface area contributed by atoms with Crippen molar-refractivity contribution in [2.24, 2.45) is 5.92 Å². The molecular weight excluding hydrogens is 240 g/mol. The fraction of sp³-hybridized carbons (Fsp3) is 0.714. The molecule has 0 radical (unpaired) electrons. The number of nitrogens with zero attached hydrogens (tertiary/aromatic N) is 2. The Hall–Kier alpha value is -1.36. The van der Waals surface area contributed by atoms with Gasteiger partial charge in [0.25, 0.3) is 0 Å². The van der Waals surface area contributed by atoms with Gasteiger partial charge in [-0.25, -0.2) is 9.97 Å². The Balaban J connectivity index is 3.02. The Labute approximate surface area is 115 Å². The maximum Gasteiger partial charge on any atom is 0.135 e. The smallest absolute Gasteiger partial charge is 0.135 e. The van der Waals surface area contributed by atoms with Crippen molar-refractivity contribution in [3.63, 3.8) is 0 Å². The fourth-order valence-electron chi connectivity index (χ4n) is 1.88. The van der Waals surface area contributed by atoms with Crippen LogP contribution in [0.5, 0.6) is 0 Å². The normalized spacial score (nSPS) is 14.3. The number of hydrogen-bond acceptors (Lipinski definition) is 5. The summed E-state index contributed by atoms with van der Waals surface area (Å²) < 4.78 is 0. The Morgan fingerprint density at radius 2 is 1.79 bits per heavy atom. The van der Waals surface area contributed by atoms with Crippen molar-refractivity contribution in [3.8, 4) is 0 Å². The number of aliphatic hydroxyl groups is 1. The summed E-state index contributed by atoms with van der Waals surface area (Å²) in [4.78, 5) is 8.67. The van der Waals surface area contributed by atoms with E-state index in [0.717, 1.165) is 23.7 Å². The van der Waals surface area contributed by atoms with E-state index in [1.54, 1.807) is 6.33 Å². The molecule has 2 unspecified atom stereocenters. The van der Waals surface area contributed by atoms with E-state index in [1.165, 1.54) is 0 Å². The van der Waals surface area contributed by atoms with E-state index in [1.807, 2.05) is 6.92 Å². The molecule has 3 N–H and O–H groups in total. The average molecular weight is 266 g/mol. The van der Waals surface area contributed by atoms with Gasteiger partial charge >= 0.3 is 0 Å². The zero-order chi connectivity index (χ0) is 14.4. The molecule has 5 nitrogen and oxygen atoms in total. The predicted octanol–water partition coefficient (Wildman–Crippen LogP) is 2.46. The standard InChI is InChI=1S/C14H26N4O/c1-6-15-13-12(9(2)3)14(17-8-16-13)18-11(5)10(4)7-19/h8-11,19H,6-7H2,1-5H3,(H2,15,16,17,18). The molecule has 0 aliphatic rings. The van der Waals surface area contributed by atoms with Gasteiger partial charge in [0, 0.05) is 24.8 Å². The highest BCUT2D eigenvalue weighted by Gasteiger charge is 2.18. The molecule has 5 heteroatoms. The molecule has 0 bridgehead atoms. The molecule has 19 heavy (non-hydrogen) atoms. The van der Waals surface area contributed by atoms with Gasteiger partial charge in [0.05, 0.1) is 0 Å². The number of aromatic nitrogens is 2. The lowest BCUT2D eigenvalue weighted by Gasteiger charge is -2.23. The van der Waals surface area contributed by atoms with Crippen LogP contribution >= 0.6 is 0 Å². The van der Waals surface area contributed by atoms with Crippen LogP contribution in [0.2, 0.25) is 0 Å². The second-order valence-electron chi connectivity index (χ2n) is 5.26. The molecule has 0 aliphatic carbocycles. The second kappa shape index (κ2) is 7.28. The van der Waals surface area contributed by atoms with E-state index in [2.05, 4.69) is 48.3 Å². The van der Waals surface area contributed by atoms with Gasteiger partial charge in [-0.3, -0.25) is 0 Å². The highest BCUT2D eigenvalue weighted by molar-refractivity contribution is 5.59. The minimum absolute atomic E-state index is 0.159. The first-order valence-corrected chi connectivity index (χ1v) is 6.97. The number of aliphatic hydroxyl groups excluding tert-OH is 1. The molecule has 0 fully saturated rings. The Morgan fingerprint density at radius 3 is 2.32 bits per heavy atom. The molecule has 0 saturated carbocycles. The lowest BCUT2D eigenvalue weighted by molar-refractivity contribution is 0.226. The second-order valence-corrected chi connectivity index (χ2v) is 5.26. The first-order valence-electron chi connectivity index (χ1n) is 6.97. The third-order valence-electron chi connectivity index (χ3n) is 3.31. The summed E-state index contributed by atoms with van der Waals surface area (Å²) in [6.07, 6.45) is 1.57. The van der Waals surface area contributed by atoms with Gasteiger partial charge in [0.1, 0.15) is 18.0 Å². The molecule has 0 spiro atoms. The van der Waals surface area contributed by atoms with Crippen molar-refractivity contribution < 1.29 is 5.11 Å². The monoisotopic (exact) mass is 266 g/mol. The molecule has 1 heterocycles. The van der Waals surface area contributed by atoms with Crippen molar-refractivity contribution in [3.05, 3.63) is 11.9 Å². The molecule has 0 aromatic carbocycles. The van der Waals surface area contributed by atoms with Crippen LogP contribution in [0.25, 0.3) is 0 Å². The molecule has 1 aromatic heterocycles. The zero-order valence-corrected chi connectivity index (χ0v) is 12.6. The average Bonchev–Trinajstić information content (AvgIpc) is 2.37. The Bertz CT molecular complexity index is 395. The summed E-state index contributed by atoms with van der Waals surface area (Å²) in [6, 6.07) is 0.159. The molecule has 0 amide bonds. The van der Waals surface area contributed by atoms with Crippen molar-refractivity contribution in [1.82, 2.24) is 9.97 Å². The maximum atomic E-state index is 9.22. The van der Waals surface area contributed by atoms with Crippen LogP contribution in [0, 0.1) is 5.92 Å². The summed E-state index contributed by atoms with van der Waals surface area (Å²) in [5, 5.41) is 15.9. The van der Waals surface area contributed by atoms with Crippen LogP contribution in [-0.2, 0) is 0 Å². The van der Waals surface area contributed by atoms with E-state index in [0.29, 0.717) is 5.92 Å². The third kappa shape index (κ3) is 4.06. The molecule has 0 saturated heterocycles. The van der Waals surface area contributed by atoms with Crippen LogP contribution in [0.15, 0.2) is 6.33 Å². The van der Waals surface area contributed by atoms with E-state index >= 15 is 0 Å². The summed E-state index contributed by atoms with van der Waals surface area (Å²) in [5.74, 6) is 2.25. The lowest BCUT2D eigenvalue weighted by Crippen LogP contribution is -2.27. The van der Waals surface area contributed by atoms with Crippen molar-refractivity contribution in [2.75, 3.05) is 23.8 Å². The molecule has 2 atom stereocenters. The minimum atomic E-state index is 0.159. The van der Waals surface area contributed by atoms with Crippen LogP contribution in [0.1, 0.15) is 46.1 Å². The topological polar surface area (TPSA) is 70.1 Å². The first-order chi connectivity index (χ1) is 9.01. The van der Waals surface area contributed by atoms with E-state index < -0.39 is 0 Å². The van der Waals surface area contributed by atoms with E-state index in [-0.39, 0.29) is 18.6 Å². The Kier molecular flexibility index (Phi) is 6.02. The van der Waals surface area contributed by atoms with Gasteiger partial charge in [-0.2, -0.15) is 0 Å². The van der Waals surface area contributed by atoms with Crippen LogP contribution < -0.4 is 10.6 Å². The summed E-state index contributed by atoms with van der Waals surface area (Å²) in [5.41, 5.74) is 1.10. The number of nitrogens with one attached hydrogen (secondary N) is 2. The molecule has 108 valence electrons. The minimum Gasteiger partial charge on any atom is -0.396 e. The third-order valence-corrected chi connectivity index (χ3v) is 3.31. The highest BCUT2D eigenvalue weighted by Crippen LogP contribution is 2.29. The quantitative estimate of drug-likeness (QED) is 0.707. The molecule has 0 aliphatic heterocycles. The van der Waals surface area contributed by atoms with Gasteiger partial charge < -0.3 is 15.7 Å². The van der Waals surface area contributed by atoms with Gasteiger partial charge in [0.2, 0.25) is 0 Å². The van der Waals surface area contributed by atoms with E-state index in [9.17, 15) is 5.11 Å². The van der Waals surface area contributed by atoms with Crippen molar-refractivity contribution >= 4 is 11.6 Å². The summed E-state index contributed by atoms with van der Waals surface area (Å²) >= 11 is 0. The lowest BCUT2D eigenvalue weighted by atomic mass is 10.0. The molecule has 1 rings (SSSR count). The summed E-state index contributed by atoms with van der Waals surface area (Å²) in [6.45, 7) is 11.4. The van der Waals surface area contributed by atoms with Gasteiger partial charge in [-0.15, -0.1) is 0 Å². The largest absolute Gasteiger partial charge is 0.396 e. The van der Waals surface area contributed by atoms with Crippen LogP contribution in [0.4, 0.5) is 11.6 Å². The van der Waals surface area contributed by atoms with Crippen LogP contribution in [-0.4, -0.2) is 34.3 Å². The van der Waals surface area contributed by atoms with Gasteiger partial charge in [-0.1, -0.05) is 20.8 Å². The van der Waals surface area contributed by atoms with Crippen LogP contribution in [0.3, 0.4) is 0 Å². The first kappa shape index (κ1) is 15.7. The number of anilines is 2. The maximum absolute atomic E-state index is 9.22. The fourth-order valence-corrected chi connectivity index (χ4v) is 1.88. The molecule has 1 aromatic rings. The van der Waals surface area contributed by atoms with Gasteiger partial charge in [-0.05, 0) is 25.7 Å². The number of rotatable bonds is 7. The van der Waals surface area contributed by atoms with Gasteiger partial charge in [0.15, 0.2) is 0 Å². The molecular formula is C14H26N4O. The highest BCUT2D eigenvalue weighted by atomic mass is 16.3. The SMILES string of the molecule is CCNc1ncnc(NC(C)C(C)CO)c1C(C)C. The Morgan fingerprint density at radius 1 is 1.16 bits per heavy atom. The zero-order valence-electron chi connectivity index (χ0n) is 12.6. The predicted molar refractivity (Wildman–Crippen MR) is 79.6 cm³/mol. The summed E-state index contributed by atoms with van der Waals surface area (Å²) in [7, 11) is 0. The van der Waals surface area contributed by atoms with Crippen molar-refractivity contribution in [2.45, 2.75) is 46.6 Å².